The topological polar surface area (TPSA) is 80.0 Å². The van der Waals surface area contributed by atoms with Crippen molar-refractivity contribution in [1.29, 1.82) is 0 Å². The summed E-state index contributed by atoms with van der Waals surface area (Å²) in [6, 6.07) is 15.5. The van der Waals surface area contributed by atoms with Crippen molar-refractivity contribution < 1.29 is 9.21 Å². The SMILES string of the molecule is Cc1cccc(-c2nnc([C@@H](C)Nc3cccc(C(=O)NC4CC4)c3)o2)c1. The Morgan fingerprint density at radius 2 is 1.96 bits per heavy atom. The van der Waals surface area contributed by atoms with Gasteiger partial charge in [-0.25, -0.2) is 0 Å². The quantitative estimate of drug-likeness (QED) is 0.690. The highest BCUT2D eigenvalue weighted by atomic mass is 16.4. The van der Waals surface area contributed by atoms with Crippen molar-refractivity contribution in [3.8, 4) is 11.5 Å². The van der Waals surface area contributed by atoms with Gasteiger partial charge in [0, 0.05) is 22.9 Å². The van der Waals surface area contributed by atoms with Gasteiger partial charge in [0.15, 0.2) is 0 Å². The van der Waals surface area contributed by atoms with Crippen LogP contribution in [0.4, 0.5) is 5.69 Å². The third-order valence-corrected chi connectivity index (χ3v) is 4.50. The number of aryl methyl sites for hydroxylation is 1. The Morgan fingerprint density at radius 3 is 2.74 bits per heavy atom. The van der Waals surface area contributed by atoms with Crippen molar-refractivity contribution in [3.05, 3.63) is 65.5 Å². The van der Waals surface area contributed by atoms with Crippen molar-refractivity contribution in [3.63, 3.8) is 0 Å². The normalized spacial score (nSPS) is 14.6. The molecule has 0 unspecified atom stereocenters. The van der Waals surface area contributed by atoms with Gasteiger partial charge in [0.2, 0.25) is 11.8 Å². The van der Waals surface area contributed by atoms with Crippen LogP contribution in [0.2, 0.25) is 0 Å². The van der Waals surface area contributed by atoms with Crippen molar-refractivity contribution in [2.75, 3.05) is 5.32 Å². The van der Waals surface area contributed by atoms with Crippen molar-refractivity contribution in [2.45, 2.75) is 38.8 Å². The lowest BCUT2D eigenvalue weighted by atomic mass is 10.1. The molecular weight excluding hydrogens is 340 g/mol. The van der Waals surface area contributed by atoms with E-state index in [0.717, 1.165) is 29.7 Å². The van der Waals surface area contributed by atoms with Crippen LogP contribution < -0.4 is 10.6 Å². The summed E-state index contributed by atoms with van der Waals surface area (Å²) in [5, 5.41) is 14.6. The number of carbonyl (C=O) groups is 1. The lowest BCUT2D eigenvalue weighted by Crippen LogP contribution is -2.25. The standard InChI is InChI=1S/C21H22N4O2/c1-13-5-3-7-16(11-13)21-25-24-20(27-21)14(2)22-18-8-4-6-15(12-18)19(26)23-17-9-10-17/h3-8,11-12,14,17,22H,9-10H2,1-2H3,(H,23,26)/t14-/m1/s1. The van der Waals surface area contributed by atoms with Gasteiger partial charge in [-0.1, -0.05) is 23.8 Å². The maximum Gasteiger partial charge on any atom is 0.251 e. The number of carbonyl (C=O) groups excluding carboxylic acids is 1. The second kappa shape index (κ2) is 7.23. The van der Waals surface area contributed by atoms with E-state index in [1.54, 1.807) is 0 Å². The van der Waals surface area contributed by atoms with E-state index in [2.05, 4.69) is 20.8 Å². The number of benzene rings is 2. The van der Waals surface area contributed by atoms with Crippen LogP contribution in [0.25, 0.3) is 11.5 Å². The van der Waals surface area contributed by atoms with Crippen LogP contribution in [0, 0.1) is 6.92 Å². The molecule has 6 nitrogen and oxygen atoms in total. The molecule has 0 aliphatic heterocycles. The second-order valence-electron chi connectivity index (χ2n) is 7.01. The molecule has 0 bridgehead atoms. The molecule has 1 saturated carbocycles. The van der Waals surface area contributed by atoms with Gasteiger partial charge in [-0.3, -0.25) is 4.79 Å². The van der Waals surface area contributed by atoms with Gasteiger partial charge >= 0.3 is 0 Å². The van der Waals surface area contributed by atoms with Crippen LogP contribution in [0.3, 0.4) is 0 Å². The summed E-state index contributed by atoms with van der Waals surface area (Å²) >= 11 is 0. The average Bonchev–Trinajstić information content (AvgIpc) is 3.33. The zero-order valence-electron chi connectivity index (χ0n) is 15.4. The Morgan fingerprint density at radius 1 is 1.15 bits per heavy atom. The van der Waals surface area contributed by atoms with E-state index in [1.807, 2.05) is 62.4 Å². The van der Waals surface area contributed by atoms with E-state index in [-0.39, 0.29) is 11.9 Å². The monoisotopic (exact) mass is 362 g/mol. The third kappa shape index (κ3) is 4.16. The van der Waals surface area contributed by atoms with E-state index in [9.17, 15) is 4.79 Å². The van der Waals surface area contributed by atoms with Crippen molar-refractivity contribution in [1.82, 2.24) is 15.5 Å². The molecule has 6 heteroatoms. The fourth-order valence-electron chi connectivity index (χ4n) is 2.86. The number of hydrogen-bond donors (Lipinski definition) is 2. The predicted molar refractivity (Wildman–Crippen MR) is 103 cm³/mol. The summed E-state index contributed by atoms with van der Waals surface area (Å²) in [4.78, 5) is 12.2. The Bertz CT molecular complexity index is 962. The fraction of sp³-hybridized carbons (Fsp3) is 0.286. The Hall–Kier alpha value is -3.15. The molecule has 1 aliphatic rings. The maximum absolute atomic E-state index is 12.2. The van der Waals surface area contributed by atoms with Crippen LogP contribution in [0.15, 0.2) is 52.9 Å². The van der Waals surface area contributed by atoms with E-state index < -0.39 is 0 Å². The number of aromatic nitrogens is 2. The van der Waals surface area contributed by atoms with Gasteiger partial charge in [0.05, 0.1) is 0 Å². The lowest BCUT2D eigenvalue weighted by Gasteiger charge is -2.12. The number of hydrogen-bond acceptors (Lipinski definition) is 5. The van der Waals surface area contributed by atoms with E-state index >= 15 is 0 Å². The van der Waals surface area contributed by atoms with Crippen LogP contribution in [0.5, 0.6) is 0 Å². The van der Waals surface area contributed by atoms with Crippen molar-refractivity contribution >= 4 is 11.6 Å². The van der Waals surface area contributed by atoms with E-state index in [1.165, 1.54) is 0 Å². The summed E-state index contributed by atoms with van der Waals surface area (Å²) in [6.45, 7) is 3.97. The number of rotatable bonds is 6. The molecule has 2 aromatic carbocycles. The first-order valence-corrected chi connectivity index (χ1v) is 9.16. The highest BCUT2D eigenvalue weighted by Crippen LogP contribution is 2.24. The summed E-state index contributed by atoms with van der Waals surface area (Å²) < 4.78 is 5.83. The highest BCUT2D eigenvalue weighted by Gasteiger charge is 2.24. The minimum Gasteiger partial charge on any atom is -0.418 e. The second-order valence-corrected chi connectivity index (χ2v) is 7.01. The van der Waals surface area contributed by atoms with Gasteiger partial charge in [-0.2, -0.15) is 0 Å². The molecule has 27 heavy (non-hydrogen) atoms. The van der Waals surface area contributed by atoms with Gasteiger partial charge in [0.1, 0.15) is 6.04 Å². The molecule has 1 aliphatic carbocycles. The smallest absolute Gasteiger partial charge is 0.251 e. The summed E-state index contributed by atoms with van der Waals surface area (Å²) in [5.41, 5.74) is 3.52. The van der Waals surface area contributed by atoms with Crippen LogP contribution in [0.1, 0.15) is 47.6 Å². The molecular formula is C21H22N4O2. The third-order valence-electron chi connectivity index (χ3n) is 4.50. The molecule has 1 amide bonds. The molecule has 0 spiro atoms. The number of amides is 1. The molecule has 138 valence electrons. The van der Waals surface area contributed by atoms with Crippen molar-refractivity contribution in [2.24, 2.45) is 0 Å². The zero-order valence-corrected chi connectivity index (χ0v) is 15.4. The van der Waals surface area contributed by atoms with Gasteiger partial charge in [-0.15, -0.1) is 10.2 Å². The summed E-state index contributed by atoms with van der Waals surface area (Å²) in [6.07, 6.45) is 2.14. The fourth-order valence-corrected chi connectivity index (χ4v) is 2.86. The highest BCUT2D eigenvalue weighted by molar-refractivity contribution is 5.95. The molecule has 2 N–H and O–H groups in total. The largest absolute Gasteiger partial charge is 0.418 e. The molecule has 1 heterocycles. The number of nitrogens with zero attached hydrogens (tertiary/aromatic N) is 2. The molecule has 0 radical (unpaired) electrons. The van der Waals surface area contributed by atoms with Gasteiger partial charge in [0.25, 0.3) is 5.91 Å². The first-order valence-electron chi connectivity index (χ1n) is 9.16. The Balaban J connectivity index is 1.46. The minimum atomic E-state index is -0.183. The molecule has 1 atom stereocenters. The summed E-state index contributed by atoms with van der Waals surface area (Å²) in [7, 11) is 0. The van der Waals surface area contributed by atoms with Crippen LogP contribution >= 0.6 is 0 Å². The lowest BCUT2D eigenvalue weighted by molar-refractivity contribution is 0.0951. The van der Waals surface area contributed by atoms with E-state index in [0.29, 0.717) is 23.4 Å². The van der Waals surface area contributed by atoms with E-state index in [4.69, 9.17) is 4.42 Å². The Kier molecular flexibility index (Phi) is 4.62. The van der Waals surface area contributed by atoms with Gasteiger partial charge < -0.3 is 15.1 Å². The predicted octanol–water partition coefficient (Wildman–Crippen LogP) is 4.11. The first-order chi connectivity index (χ1) is 13.1. The molecule has 4 rings (SSSR count). The molecule has 1 fully saturated rings. The average molecular weight is 362 g/mol. The Labute approximate surface area is 158 Å². The first kappa shape index (κ1) is 17.3. The number of nitrogens with one attached hydrogen (secondary N) is 2. The maximum atomic E-state index is 12.2. The number of anilines is 1. The minimum absolute atomic E-state index is 0.0340. The summed E-state index contributed by atoms with van der Waals surface area (Å²) in [5.74, 6) is 0.965. The molecule has 1 aromatic heterocycles. The van der Waals surface area contributed by atoms with Crippen LogP contribution in [-0.4, -0.2) is 22.1 Å². The van der Waals surface area contributed by atoms with Gasteiger partial charge in [-0.05, 0) is 57.0 Å². The van der Waals surface area contributed by atoms with Crippen LogP contribution in [-0.2, 0) is 0 Å². The molecule has 3 aromatic rings. The molecule has 0 saturated heterocycles. The zero-order chi connectivity index (χ0) is 18.8.